The minimum absolute atomic E-state index is 0.298. The van der Waals surface area contributed by atoms with E-state index in [0.717, 1.165) is 0 Å². The molecule has 0 aromatic heterocycles. The second-order valence-electron chi connectivity index (χ2n) is 3.99. The van der Waals surface area contributed by atoms with Crippen molar-refractivity contribution in [2.45, 2.75) is 39.1 Å². The summed E-state index contributed by atoms with van der Waals surface area (Å²) in [6.45, 7) is 9.29. The normalized spacial score (nSPS) is 13.8. The molecule has 6 heteroatoms. The summed E-state index contributed by atoms with van der Waals surface area (Å²) >= 11 is 0. The molecular weight excluding hydrogens is 204 g/mol. The van der Waals surface area contributed by atoms with Gasteiger partial charge < -0.3 is 19.1 Å². The Morgan fingerprint density at radius 1 is 1.31 bits per heavy atom. The standard InChI is InChI=1S/C7H19O4Si2/c1-7(8,9)10-6-13(4,5)11-12(2)3/h8-9H,6H2,1-5H3. The molecule has 0 amide bonds. The lowest BCUT2D eigenvalue weighted by atomic mass is 10.7. The fourth-order valence-electron chi connectivity index (χ4n) is 0.893. The lowest BCUT2D eigenvalue weighted by Gasteiger charge is -2.27. The van der Waals surface area contributed by atoms with Crippen LogP contribution in [-0.2, 0) is 8.85 Å². The molecule has 0 aromatic carbocycles. The maximum atomic E-state index is 8.92. The van der Waals surface area contributed by atoms with Gasteiger partial charge in [-0.05, 0) is 26.2 Å². The maximum Gasteiger partial charge on any atom is 0.274 e. The Bertz CT molecular complexity index is 153. The number of hydrogen-bond donors (Lipinski definition) is 2. The first-order valence-electron chi connectivity index (χ1n) is 4.20. The molecule has 0 heterocycles. The molecule has 0 unspecified atom stereocenters. The molecule has 2 N–H and O–H groups in total. The number of ether oxygens (including phenoxy) is 1. The van der Waals surface area contributed by atoms with E-state index in [1.807, 2.05) is 13.1 Å². The van der Waals surface area contributed by atoms with Crippen molar-refractivity contribution in [3.05, 3.63) is 0 Å². The predicted octanol–water partition coefficient (Wildman–Crippen LogP) is 0.673. The van der Waals surface area contributed by atoms with Gasteiger partial charge in [0.1, 0.15) is 0 Å². The molecule has 1 radical (unpaired) electrons. The average Bonchev–Trinajstić information content (AvgIpc) is 1.79. The Morgan fingerprint density at radius 3 is 2.08 bits per heavy atom. The molecule has 13 heavy (non-hydrogen) atoms. The Balaban J connectivity index is 3.89. The van der Waals surface area contributed by atoms with Gasteiger partial charge in [0.05, 0.1) is 6.23 Å². The lowest BCUT2D eigenvalue weighted by molar-refractivity contribution is -0.318. The Kier molecular flexibility index (Phi) is 4.77. The first-order chi connectivity index (χ1) is 5.62. The van der Waals surface area contributed by atoms with Gasteiger partial charge in [-0.1, -0.05) is 0 Å². The van der Waals surface area contributed by atoms with E-state index in [1.54, 1.807) is 0 Å². The minimum atomic E-state index is -2.04. The molecular formula is C7H19O4Si2. The topological polar surface area (TPSA) is 58.9 Å². The van der Waals surface area contributed by atoms with Gasteiger partial charge in [-0.15, -0.1) is 0 Å². The number of rotatable bonds is 5. The van der Waals surface area contributed by atoms with E-state index in [0.29, 0.717) is 6.23 Å². The van der Waals surface area contributed by atoms with Gasteiger partial charge in [-0.3, -0.25) is 0 Å². The van der Waals surface area contributed by atoms with E-state index < -0.39 is 23.3 Å². The second kappa shape index (κ2) is 4.67. The van der Waals surface area contributed by atoms with Crippen molar-refractivity contribution in [2.24, 2.45) is 0 Å². The second-order valence-corrected chi connectivity index (χ2v) is 10.4. The zero-order valence-corrected chi connectivity index (χ0v) is 10.9. The predicted molar refractivity (Wildman–Crippen MR) is 54.8 cm³/mol. The fraction of sp³-hybridized carbons (Fsp3) is 1.00. The quantitative estimate of drug-likeness (QED) is 0.531. The highest BCUT2D eigenvalue weighted by Crippen LogP contribution is 2.10. The third-order valence-corrected chi connectivity index (χ3v) is 5.86. The van der Waals surface area contributed by atoms with Crippen LogP contribution in [0.4, 0.5) is 0 Å². The molecule has 0 spiro atoms. The summed E-state index contributed by atoms with van der Waals surface area (Å²) < 4.78 is 10.6. The van der Waals surface area contributed by atoms with Gasteiger partial charge in [0.25, 0.3) is 5.97 Å². The van der Waals surface area contributed by atoms with Crippen LogP contribution >= 0.6 is 0 Å². The van der Waals surface area contributed by atoms with Crippen LogP contribution in [0.5, 0.6) is 0 Å². The number of aliphatic hydroxyl groups is 2. The molecule has 0 saturated heterocycles. The van der Waals surface area contributed by atoms with Crippen molar-refractivity contribution in [1.82, 2.24) is 0 Å². The van der Waals surface area contributed by atoms with Crippen molar-refractivity contribution in [3.8, 4) is 0 Å². The van der Waals surface area contributed by atoms with Crippen LogP contribution in [-0.4, -0.2) is 39.8 Å². The van der Waals surface area contributed by atoms with Gasteiger partial charge in [0.2, 0.25) is 0 Å². The summed E-state index contributed by atoms with van der Waals surface area (Å²) in [6, 6.07) is 0. The molecule has 0 aliphatic rings. The first-order valence-corrected chi connectivity index (χ1v) is 9.73. The van der Waals surface area contributed by atoms with E-state index in [9.17, 15) is 0 Å². The molecule has 0 saturated carbocycles. The van der Waals surface area contributed by atoms with Crippen LogP contribution in [0, 0.1) is 0 Å². The average molecular weight is 223 g/mol. The summed E-state index contributed by atoms with van der Waals surface area (Å²) in [6.07, 6.45) is 0.298. The molecule has 0 aliphatic carbocycles. The van der Waals surface area contributed by atoms with Crippen LogP contribution in [0.3, 0.4) is 0 Å². The van der Waals surface area contributed by atoms with Gasteiger partial charge in [0, 0.05) is 6.92 Å². The Morgan fingerprint density at radius 2 is 1.77 bits per heavy atom. The van der Waals surface area contributed by atoms with Crippen molar-refractivity contribution < 1.29 is 19.1 Å². The minimum Gasteiger partial charge on any atom is -0.454 e. The number of hydrogen-bond acceptors (Lipinski definition) is 4. The maximum absolute atomic E-state index is 8.92. The third kappa shape index (κ3) is 8.60. The van der Waals surface area contributed by atoms with E-state index in [-0.39, 0.29) is 0 Å². The highest BCUT2D eigenvalue weighted by atomic mass is 28.4. The summed E-state index contributed by atoms with van der Waals surface area (Å²) in [5.41, 5.74) is 0. The Labute approximate surface area is 82.3 Å². The zero-order chi connectivity index (χ0) is 10.7. The lowest BCUT2D eigenvalue weighted by Crippen LogP contribution is -2.44. The largest absolute Gasteiger partial charge is 0.454 e. The smallest absolute Gasteiger partial charge is 0.274 e. The van der Waals surface area contributed by atoms with Crippen LogP contribution in [0.25, 0.3) is 0 Å². The van der Waals surface area contributed by atoms with E-state index in [2.05, 4.69) is 13.1 Å². The van der Waals surface area contributed by atoms with Crippen molar-refractivity contribution >= 4 is 17.4 Å². The zero-order valence-electron chi connectivity index (χ0n) is 8.92. The molecule has 0 aromatic rings. The molecule has 0 aliphatic heterocycles. The Hall–Kier alpha value is 0.274. The van der Waals surface area contributed by atoms with Crippen molar-refractivity contribution in [2.75, 3.05) is 6.23 Å². The summed E-state index contributed by atoms with van der Waals surface area (Å²) in [4.78, 5) is 0. The third-order valence-electron chi connectivity index (χ3n) is 1.17. The van der Waals surface area contributed by atoms with E-state index >= 15 is 0 Å². The highest BCUT2D eigenvalue weighted by molar-refractivity contribution is 6.77. The van der Waals surface area contributed by atoms with Crippen LogP contribution in [0.2, 0.25) is 26.2 Å². The van der Waals surface area contributed by atoms with E-state index in [4.69, 9.17) is 19.1 Å². The van der Waals surface area contributed by atoms with Crippen LogP contribution in [0.15, 0.2) is 0 Å². The van der Waals surface area contributed by atoms with Gasteiger partial charge >= 0.3 is 0 Å². The summed E-state index contributed by atoms with van der Waals surface area (Å²) in [5, 5.41) is 17.8. The fourth-order valence-corrected chi connectivity index (χ4v) is 6.17. The first kappa shape index (κ1) is 13.3. The molecule has 79 valence electrons. The van der Waals surface area contributed by atoms with E-state index in [1.165, 1.54) is 6.92 Å². The van der Waals surface area contributed by atoms with Crippen molar-refractivity contribution in [3.63, 3.8) is 0 Å². The monoisotopic (exact) mass is 223 g/mol. The molecule has 0 rings (SSSR count). The molecule has 0 atom stereocenters. The molecule has 0 fully saturated rings. The van der Waals surface area contributed by atoms with Crippen molar-refractivity contribution in [1.29, 1.82) is 0 Å². The molecule has 0 bridgehead atoms. The van der Waals surface area contributed by atoms with Gasteiger partial charge in [-0.25, -0.2) is 0 Å². The molecule has 4 nitrogen and oxygen atoms in total. The van der Waals surface area contributed by atoms with Gasteiger partial charge in [0.15, 0.2) is 17.4 Å². The highest BCUT2D eigenvalue weighted by Gasteiger charge is 2.28. The van der Waals surface area contributed by atoms with Crippen LogP contribution < -0.4 is 0 Å². The van der Waals surface area contributed by atoms with Gasteiger partial charge in [-0.2, -0.15) is 0 Å². The summed E-state index contributed by atoms with van der Waals surface area (Å²) in [5.74, 6) is -2.04. The SMILES string of the molecule is C[Si](C)O[Si](C)(C)COC(C)(O)O. The van der Waals surface area contributed by atoms with Crippen LogP contribution in [0.1, 0.15) is 6.92 Å². The summed E-state index contributed by atoms with van der Waals surface area (Å²) in [7, 11) is -2.61.